The fraction of sp³-hybridized carbons (Fsp3) is 0.933. The number of nitrogens with two attached hydrogens (primary N) is 1. The van der Waals surface area contributed by atoms with Gasteiger partial charge >= 0.3 is 0 Å². The number of carbonyl (C=O) groups excluding carboxylic acids is 1. The molecule has 0 aromatic rings. The number of likely N-dealkylation sites (tertiary alicyclic amines) is 1. The summed E-state index contributed by atoms with van der Waals surface area (Å²) in [5.41, 5.74) is 5.96. The third-order valence-electron chi connectivity index (χ3n) is 5.14. The molecule has 2 N–H and O–H groups in total. The average molecular weight is 250 g/mol. The van der Waals surface area contributed by atoms with Crippen molar-refractivity contribution in [1.29, 1.82) is 0 Å². The van der Waals surface area contributed by atoms with Crippen LogP contribution in [0.1, 0.15) is 45.4 Å². The van der Waals surface area contributed by atoms with Crippen LogP contribution in [0, 0.1) is 23.7 Å². The Morgan fingerprint density at radius 2 is 1.50 bits per heavy atom. The molecule has 2 aliphatic carbocycles. The summed E-state index contributed by atoms with van der Waals surface area (Å²) in [5.74, 6) is 2.95. The Bertz CT molecular complexity index is 300. The van der Waals surface area contributed by atoms with Crippen LogP contribution in [0.3, 0.4) is 0 Å². The molecule has 3 heteroatoms. The molecule has 3 fully saturated rings. The van der Waals surface area contributed by atoms with E-state index in [4.69, 9.17) is 5.73 Å². The highest BCUT2D eigenvalue weighted by Crippen LogP contribution is 2.50. The molecule has 1 aliphatic heterocycles. The number of hydrogen-bond acceptors (Lipinski definition) is 2. The van der Waals surface area contributed by atoms with E-state index in [0.717, 1.165) is 37.8 Å². The summed E-state index contributed by atoms with van der Waals surface area (Å²) in [4.78, 5) is 14.8. The number of hydrogen-bond donors (Lipinski definition) is 1. The fourth-order valence-corrected chi connectivity index (χ4v) is 3.56. The van der Waals surface area contributed by atoms with E-state index in [-0.39, 0.29) is 6.04 Å². The summed E-state index contributed by atoms with van der Waals surface area (Å²) in [5, 5.41) is 0. The normalized spacial score (nSPS) is 27.6. The van der Waals surface area contributed by atoms with Gasteiger partial charge in [-0.05, 0) is 63.2 Å². The van der Waals surface area contributed by atoms with Crippen molar-refractivity contribution in [3.8, 4) is 0 Å². The molecule has 1 amide bonds. The van der Waals surface area contributed by atoms with E-state index in [1.54, 1.807) is 0 Å². The van der Waals surface area contributed by atoms with Crippen LogP contribution in [0.25, 0.3) is 0 Å². The number of nitrogens with zero attached hydrogens (tertiary/aromatic N) is 1. The summed E-state index contributed by atoms with van der Waals surface area (Å²) < 4.78 is 0. The molecule has 18 heavy (non-hydrogen) atoms. The van der Waals surface area contributed by atoms with Crippen molar-refractivity contribution in [1.82, 2.24) is 4.90 Å². The molecule has 102 valence electrons. The quantitative estimate of drug-likeness (QED) is 0.829. The van der Waals surface area contributed by atoms with Gasteiger partial charge in [-0.2, -0.15) is 0 Å². The van der Waals surface area contributed by atoms with Crippen LogP contribution in [0.4, 0.5) is 0 Å². The highest BCUT2D eigenvalue weighted by molar-refractivity contribution is 5.80. The summed E-state index contributed by atoms with van der Waals surface area (Å²) >= 11 is 0. The number of carbonyl (C=O) groups is 1. The van der Waals surface area contributed by atoms with E-state index >= 15 is 0 Å². The lowest BCUT2D eigenvalue weighted by Crippen LogP contribution is -2.45. The van der Waals surface area contributed by atoms with E-state index in [1.807, 2.05) is 0 Å². The molecule has 0 radical (unpaired) electrons. The van der Waals surface area contributed by atoms with Gasteiger partial charge in [-0.15, -0.1) is 0 Å². The van der Waals surface area contributed by atoms with Crippen molar-refractivity contribution in [2.24, 2.45) is 29.4 Å². The highest BCUT2D eigenvalue weighted by atomic mass is 16.2. The monoisotopic (exact) mass is 250 g/mol. The molecule has 0 aromatic carbocycles. The van der Waals surface area contributed by atoms with Crippen LogP contribution in [0.5, 0.6) is 0 Å². The minimum Gasteiger partial charge on any atom is -0.342 e. The van der Waals surface area contributed by atoms with Gasteiger partial charge in [0.2, 0.25) is 5.91 Å². The van der Waals surface area contributed by atoms with Gasteiger partial charge in [0, 0.05) is 25.0 Å². The van der Waals surface area contributed by atoms with Crippen molar-refractivity contribution in [2.45, 2.75) is 51.5 Å². The molecular formula is C15H26N2O. The molecule has 1 saturated heterocycles. The van der Waals surface area contributed by atoms with Gasteiger partial charge < -0.3 is 10.6 Å². The van der Waals surface area contributed by atoms with E-state index in [2.05, 4.69) is 11.8 Å². The second kappa shape index (κ2) is 4.84. The molecule has 3 nitrogen and oxygen atoms in total. The smallest absolute Gasteiger partial charge is 0.226 e. The van der Waals surface area contributed by atoms with Gasteiger partial charge in [-0.25, -0.2) is 0 Å². The van der Waals surface area contributed by atoms with Crippen molar-refractivity contribution < 1.29 is 4.79 Å². The molecule has 0 bridgehead atoms. The second-order valence-electron chi connectivity index (χ2n) is 6.72. The lowest BCUT2D eigenvalue weighted by atomic mass is 9.89. The van der Waals surface area contributed by atoms with Crippen LogP contribution in [0.15, 0.2) is 0 Å². The first kappa shape index (κ1) is 12.5. The predicted molar refractivity (Wildman–Crippen MR) is 71.9 cm³/mol. The first-order chi connectivity index (χ1) is 8.66. The van der Waals surface area contributed by atoms with Gasteiger partial charge in [0.05, 0.1) is 0 Å². The second-order valence-corrected chi connectivity index (χ2v) is 6.72. The average Bonchev–Trinajstić information content (AvgIpc) is 3.23. The number of amides is 1. The molecule has 0 spiro atoms. The molecule has 2 saturated carbocycles. The zero-order valence-corrected chi connectivity index (χ0v) is 11.5. The Hall–Kier alpha value is -0.570. The van der Waals surface area contributed by atoms with E-state index in [0.29, 0.717) is 17.7 Å². The molecule has 1 heterocycles. The Kier molecular flexibility index (Phi) is 3.35. The van der Waals surface area contributed by atoms with E-state index < -0.39 is 0 Å². The molecule has 1 atom stereocenters. The standard InChI is InChI=1S/C15H26N2O/c1-10(16)11-6-8-17(9-7-11)15(18)14(12-2-3-12)13-4-5-13/h10-14H,2-9,16H2,1H3. The van der Waals surface area contributed by atoms with Gasteiger partial charge in [0.15, 0.2) is 0 Å². The third-order valence-corrected chi connectivity index (χ3v) is 5.14. The summed E-state index contributed by atoms with van der Waals surface area (Å²) in [6.45, 7) is 3.99. The zero-order chi connectivity index (χ0) is 12.7. The van der Waals surface area contributed by atoms with Crippen LogP contribution in [-0.2, 0) is 4.79 Å². The van der Waals surface area contributed by atoms with Crippen LogP contribution in [-0.4, -0.2) is 29.9 Å². The third kappa shape index (κ3) is 2.56. The van der Waals surface area contributed by atoms with E-state index in [9.17, 15) is 4.79 Å². The SMILES string of the molecule is CC(N)C1CCN(C(=O)C(C2CC2)C2CC2)CC1. The van der Waals surface area contributed by atoms with Crippen molar-refractivity contribution in [3.05, 3.63) is 0 Å². The lowest BCUT2D eigenvalue weighted by molar-refractivity contribution is -0.138. The van der Waals surface area contributed by atoms with Crippen LogP contribution >= 0.6 is 0 Å². The fourth-order valence-electron chi connectivity index (χ4n) is 3.56. The maximum Gasteiger partial charge on any atom is 0.226 e. The first-order valence-electron chi connectivity index (χ1n) is 7.71. The van der Waals surface area contributed by atoms with Gasteiger partial charge in [0.25, 0.3) is 0 Å². The molecular weight excluding hydrogens is 224 g/mol. The Morgan fingerprint density at radius 3 is 1.89 bits per heavy atom. The topological polar surface area (TPSA) is 46.3 Å². The maximum atomic E-state index is 12.6. The summed E-state index contributed by atoms with van der Waals surface area (Å²) in [6.07, 6.45) is 7.38. The molecule has 3 rings (SSSR count). The van der Waals surface area contributed by atoms with Crippen molar-refractivity contribution in [2.75, 3.05) is 13.1 Å². The van der Waals surface area contributed by atoms with Gasteiger partial charge in [0.1, 0.15) is 0 Å². The Labute approximate surface area is 110 Å². The number of piperidine rings is 1. The maximum absolute atomic E-state index is 12.6. The van der Waals surface area contributed by atoms with Crippen LogP contribution < -0.4 is 5.73 Å². The molecule has 3 aliphatic rings. The summed E-state index contributed by atoms with van der Waals surface area (Å²) in [7, 11) is 0. The Balaban J connectivity index is 1.56. The minimum absolute atomic E-state index is 0.282. The molecule has 1 unspecified atom stereocenters. The van der Waals surface area contributed by atoms with Crippen molar-refractivity contribution in [3.63, 3.8) is 0 Å². The van der Waals surface area contributed by atoms with Crippen LogP contribution in [0.2, 0.25) is 0 Å². The largest absolute Gasteiger partial charge is 0.342 e. The Morgan fingerprint density at radius 1 is 1.00 bits per heavy atom. The van der Waals surface area contributed by atoms with E-state index in [1.165, 1.54) is 25.7 Å². The predicted octanol–water partition coefficient (Wildman–Crippen LogP) is 2.01. The van der Waals surface area contributed by atoms with Gasteiger partial charge in [-0.3, -0.25) is 4.79 Å². The molecule has 0 aromatic heterocycles. The lowest BCUT2D eigenvalue weighted by Gasteiger charge is -2.35. The first-order valence-corrected chi connectivity index (χ1v) is 7.71. The minimum atomic E-state index is 0.282. The van der Waals surface area contributed by atoms with Gasteiger partial charge in [-0.1, -0.05) is 0 Å². The highest BCUT2D eigenvalue weighted by Gasteiger charge is 2.47. The summed E-state index contributed by atoms with van der Waals surface area (Å²) in [6, 6.07) is 0.282. The zero-order valence-electron chi connectivity index (χ0n) is 11.5. The van der Waals surface area contributed by atoms with Crippen molar-refractivity contribution >= 4 is 5.91 Å². The number of rotatable bonds is 4.